The van der Waals surface area contributed by atoms with E-state index in [0.717, 1.165) is 22.5 Å². The fourth-order valence-corrected chi connectivity index (χ4v) is 6.52. The Morgan fingerprint density at radius 2 is 1.71 bits per heavy atom. The summed E-state index contributed by atoms with van der Waals surface area (Å²) in [4.78, 5) is 27.5. The van der Waals surface area contributed by atoms with E-state index in [-0.39, 0.29) is 16.7 Å². The third kappa shape index (κ3) is 3.62. The zero-order valence-corrected chi connectivity index (χ0v) is 20.4. The van der Waals surface area contributed by atoms with Crippen LogP contribution in [0.3, 0.4) is 0 Å². The summed E-state index contributed by atoms with van der Waals surface area (Å²) in [7, 11) is 0. The zero-order valence-electron chi connectivity index (χ0n) is 19.6. The van der Waals surface area contributed by atoms with E-state index < -0.39 is 5.97 Å². The molecule has 1 N–H and O–H groups in total. The standard InChI is InChI=1S/C28H28N2O3S/c1-27(2)21(19-6-8-20(9-7-19)26(32)33)10-13-28(3)18-30(16-11-23(27)28)25(31)24-22(12-17-34-24)29-14-4-5-15-29/h4-12,14-15,17H,13,16,18H2,1-3H3,(H,32,33)/t28-/m1/s1. The first-order valence-corrected chi connectivity index (χ1v) is 12.3. The van der Waals surface area contributed by atoms with Gasteiger partial charge in [0, 0.05) is 36.3 Å². The topological polar surface area (TPSA) is 62.5 Å². The summed E-state index contributed by atoms with van der Waals surface area (Å²) in [5.41, 5.74) is 4.46. The fraction of sp³-hybridized carbons (Fsp3) is 0.286. The maximum Gasteiger partial charge on any atom is 0.335 e. The molecule has 0 unspecified atom stereocenters. The van der Waals surface area contributed by atoms with Gasteiger partial charge in [-0.05, 0) is 53.3 Å². The Balaban J connectivity index is 1.43. The first kappa shape index (κ1) is 22.4. The minimum absolute atomic E-state index is 0.0760. The van der Waals surface area contributed by atoms with Crippen LogP contribution in [0.4, 0.5) is 0 Å². The Morgan fingerprint density at radius 3 is 2.38 bits per heavy atom. The number of aromatic carboxylic acids is 1. The van der Waals surface area contributed by atoms with E-state index >= 15 is 0 Å². The maximum atomic E-state index is 13.6. The highest BCUT2D eigenvalue weighted by molar-refractivity contribution is 7.12. The highest BCUT2D eigenvalue weighted by Crippen LogP contribution is 2.55. The van der Waals surface area contributed by atoms with E-state index in [9.17, 15) is 14.7 Å². The van der Waals surface area contributed by atoms with Gasteiger partial charge in [-0.1, -0.05) is 50.6 Å². The van der Waals surface area contributed by atoms with Crippen molar-refractivity contribution in [1.29, 1.82) is 0 Å². The molecule has 0 radical (unpaired) electrons. The normalized spacial score (nSPS) is 21.4. The van der Waals surface area contributed by atoms with E-state index in [1.807, 2.05) is 57.6 Å². The summed E-state index contributed by atoms with van der Waals surface area (Å²) in [6, 6.07) is 13.1. The number of amides is 1. The lowest BCUT2D eigenvalue weighted by molar-refractivity contribution is 0.0682. The van der Waals surface area contributed by atoms with Crippen LogP contribution in [0.5, 0.6) is 0 Å². The molecule has 0 spiro atoms. The predicted molar refractivity (Wildman–Crippen MR) is 136 cm³/mol. The minimum Gasteiger partial charge on any atom is -0.478 e. The first-order valence-electron chi connectivity index (χ1n) is 11.5. The van der Waals surface area contributed by atoms with Gasteiger partial charge < -0.3 is 14.6 Å². The molecule has 1 aromatic carbocycles. The fourth-order valence-electron chi connectivity index (χ4n) is 5.66. The van der Waals surface area contributed by atoms with Gasteiger partial charge in [0.15, 0.2) is 0 Å². The smallest absolute Gasteiger partial charge is 0.335 e. The van der Waals surface area contributed by atoms with Crippen molar-refractivity contribution < 1.29 is 14.7 Å². The summed E-state index contributed by atoms with van der Waals surface area (Å²) < 4.78 is 1.99. The maximum absolute atomic E-state index is 13.6. The Hall–Kier alpha value is -3.38. The van der Waals surface area contributed by atoms with Crippen molar-refractivity contribution in [3.05, 3.63) is 94.0 Å². The van der Waals surface area contributed by atoms with E-state index in [1.54, 1.807) is 12.1 Å². The molecule has 1 atom stereocenters. The number of fused-ring (bicyclic) bond motifs is 1. The number of allylic oxidation sites excluding steroid dienone is 2. The molecule has 2 aliphatic rings. The van der Waals surface area contributed by atoms with Gasteiger partial charge in [-0.25, -0.2) is 4.79 Å². The van der Waals surface area contributed by atoms with Crippen LogP contribution in [0.25, 0.3) is 11.3 Å². The molecule has 6 heteroatoms. The van der Waals surface area contributed by atoms with Crippen molar-refractivity contribution in [1.82, 2.24) is 9.47 Å². The lowest BCUT2D eigenvalue weighted by Crippen LogP contribution is -2.48. The molecule has 3 aromatic rings. The van der Waals surface area contributed by atoms with Crippen LogP contribution in [0, 0.1) is 10.8 Å². The van der Waals surface area contributed by atoms with Crippen LogP contribution in [0.2, 0.25) is 0 Å². The molecular formula is C28H28N2O3S. The molecular weight excluding hydrogens is 444 g/mol. The van der Waals surface area contributed by atoms with Crippen molar-refractivity contribution in [2.24, 2.45) is 10.8 Å². The molecule has 174 valence electrons. The van der Waals surface area contributed by atoms with Crippen molar-refractivity contribution in [2.75, 3.05) is 13.1 Å². The number of aromatic nitrogens is 1. The summed E-state index contributed by atoms with van der Waals surface area (Å²) in [6.45, 7) is 7.97. The lowest BCUT2D eigenvalue weighted by atomic mass is 9.58. The minimum atomic E-state index is -0.915. The molecule has 0 saturated carbocycles. The van der Waals surface area contributed by atoms with Crippen LogP contribution in [0.15, 0.2) is 78.0 Å². The van der Waals surface area contributed by atoms with E-state index in [4.69, 9.17) is 0 Å². The molecule has 34 heavy (non-hydrogen) atoms. The van der Waals surface area contributed by atoms with Crippen LogP contribution >= 0.6 is 11.3 Å². The molecule has 3 heterocycles. The number of hydrogen-bond donors (Lipinski definition) is 1. The molecule has 0 saturated heterocycles. The van der Waals surface area contributed by atoms with Crippen molar-refractivity contribution in [3.63, 3.8) is 0 Å². The average Bonchev–Trinajstić information content (AvgIpc) is 3.50. The van der Waals surface area contributed by atoms with E-state index in [2.05, 4.69) is 32.9 Å². The third-order valence-corrected chi connectivity index (χ3v) is 8.15. The number of carbonyl (C=O) groups excluding carboxylic acids is 1. The lowest BCUT2D eigenvalue weighted by Gasteiger charge is -2.50. The van der Waals surface area contributed by atoms with Crippen LogP contribution in [-0.4, -0.2) is 39.5 Å². The Kier molecular flexibility index (Phi) is 5.36. The third-order valence-electron chi connectivity index (χ3n) is 7.26. The highest BCUT2D eigenvalue weighted by Gasteiger charge is 2.46. The number of thiophene rings is 1. The molecule has 5 rings (SSSR count). The second-order valence-electron chi connectivity index (χ2n) is 9.92. The monoisotopic (exact) mass is 472 g/mol. The van der Waals surface area contributed by atoms with Crippen LogP contribution in [0.1, 0.15) is 52.8 Å². The van der Waals surface area contributed by atoms with Gasteiger partial charge in [0.2, 0.25) is 0 Å². The van der Waals surface area contributed by atoms with Gasteiger partial charge in [-0.15, -0.1) is 11.3 Å². The first-order chi connectivity index (χ1) is 16.2. The van der Waals surface area contributed by atoms with E-state index in [0.29, 0.717) is 18.7 Å². The van der Waals surface area contributed by atoms with Crippen molar-refractivity contribution >= 4 is 28.8 Å². The van der Waals surface area contributed by atoms with Crippen molar-refractivity contribution in [2.45, 2.75) is 27.2 Å². The number of benzene rings is 1. The molecule has 1 amide bonds. The number of carboxylic acids is 1. The van der Waals surface area contributed by atoms with Gasteiger partial charge in [-0.3, -0.25) is 4.79 Å². The Bertz CT molecular complexity index is 1310. The van der Waals surface area contributed by atoms with Gasteiger partial charge in [0.25, 0.3) is 5.91 Å². The van der Waals surface area contributed by atoms with E-state index in [1.165, 1.54) is 22.5 Å². The molecule has 1 aliphatic carbocycles. The van der Waals surface area contributed by atoms with Crippen molar-refractivity contribution in [3.8, 4) is 5.69 Å². The molecule has 1 aliphatic heterocycles. The van der Waals surface area contributed by atoms with Crippen LogP contribution < -0.4 is 0 Å². The van der Waals surface area contributed by atoms with Gasteiger partial charge in [-0.2, -0.15) is 0 Å². The molecule has 0 bridgehead atoms. The molecule has 0 fully saturated rings. The second-order valence-corrected chi connectivity index (χ2v) is 10.8. The van der Waals surface area contributed by atoms with Gasteiger partial charge in [0.1, 0.15) is 4.88 Å². The van der Waals surface area contributed by atoms with Crippen LogP contribution in [-0.2, 0) is 0 Å². The highest BCUT2D eigenvalue weighted by atomic mass is 32.1. The number of nitrogens with zero attached hydrogens (tertiary/aromatic N) is 2. The van der Waals surface area contributed by atoms with Gasteiger partial charge in [0.05, 0.1) is 11.3 Å². The Morgan fingerprint density at radius 1 is 1.00 bits per heavy atom. The molecule has 5 nitrogen and oxygen atoms in total. The zero-order chi connectivity index (χ0) is 24.1. The SMILES string of the molecule is CC1(C)C(c2ccc(C(=O)O)cc2)=CC[C@]2(C)CN(C(=O)c3sccc3-n3cccc3)CC=C12. The summed E-state index contributed by atoms with van der Waals surface area (Å²) in [6.07, 6.45) is 9.28. The predicted octanol–water partition coefficient (Wildman–Crippen LogP) is 6.14. The largest absolute Gasteiger partial charge is 0.478 e. The molecule has 2 aromatic heterocycles. The quantitative estimate of drug-likeness (QED) is 0.464. The second kappa shape index (κ2) is 8.13. The Labute approximate surface area is 203 Å². The number of hydrogen-bond acceptors (Lipinski definition) is 3. The summed E-state index contributed by atoms with van der Waals surface area (Å²) in [5, 5.41) is 11.2. The summed E-state index contributed by atoms with van der Waals surface area (Å²) >= 11 is 1.49. The number of carboxylic acid groups (broad SMARTS) is 1. The summed E-state index contributed by atoms with van der Waals surface area (Å²) in [5.74, 6) is -0.839. The number of rotatable bonds is 4. The number of carbonyl (C=O) groups is 2. The van der Waals surface area contributed by atoms with Gasteiger partial charge >= 0.3 is 5.97 Å². The average molecular weight is 473 g/mol.